The smallest absolute Gasteiger partial charge is 0.335 e. The first kappa shape index (κ1) is 15.0. The number of carboxylic acids is 1. The molecule has 0 atom stereocenters. The SMILES string of the molecule is Cc1cc(C(=O)O)ccc1CN(C)CCOCC1CC1. The number of aromatic carboxylic acids is 1. The second-order valence-electron chi connectivity index (χ2n) is 5.70. The van der Waals surface area contributed by atoms with Gasteiger partial charge in [0.2, 0.25) is 0 Å². The number of ether oxygens (including phenoxy) is 1. The molecule has 1 aliphatic rings. The molecule has 0 heterocycles. The van der Waals surface area contributed by atoms with Crippen LogP contribution in [0.1, 0.15) is 34.3 Å². The molecule has 0 unspecified atom stereocenters. The van der Waals surface area contributed by atoms with E-state index in [0.717, 1.165) is 37.8 Å². The summed E-state index contributed by atoms with van der Waals surface area (Å²) in [4.78, 5) is 13.1. The minimum absolute atomic E-state index is 0.349. The van der Waals surface area contributed by atoms with Gasteiger partial charge >= 0.3 is 5.97 Å². The monoisotopic (exact) mass is 277 g/mol. The molecule has 20 heavy (non-hydrogen) atoms. The molecule has 110 valence electrons. The van der Waals surface area contributed by atoms with Crippen molar-refractivity contribution in [3.63, 3.8) is 0 Å². The molecule has 0 radical (unpaired) electrons. The van der Waals surface area contributed by atoms with Crippen molar-refractivity contribution >= 4 is 5.97 Å². The maximum absolute atomic E-state index is 10.9. The van der Waals surface area contributed by atoms with Gasteiger partial charge in [-0.1, -0.05) is 6.07 Å². The van der Waals surface area contributed by atoms with E-state index in [4.69, 9.17) is 9.84 Å². The van der Waals surface area contributed by atoms with Crippen LogP contribution in [0.25, 0.3) is 0 Å². The zero-order valence-corrected chi connectivity index (χ0v) is 12.3. The summed E-state index contributed by atoms with van der Waals surface area (Å²) in [6.07, 6.45) is 2.65. The van der Waals surface area contributed by atoms with E-state index in [2.05, 4.69) is 11.9 Å². The third-order valence-electron chi connectivity index (χ3n) is 3.70. The summed E-state index contributed by atoms with van der Waals surface area (Å²) in [6, 6.07) is 5.30. The molecule has 0 amide bonds. The molecule has 2 rings (SSSR count). The molecule has 1 aromatic rings. The quantitative estimate of drug-likeness (QED) is 0.742. The number of carbonyl (C=O) groups is 1. The number of nitrogens with zero attached hydrogens (tertiary/aromatic N) is 1. The Morgan fingerprint density at radius 2 is 2.20 bits per heavy atom. The van der Waals surface area contributed by atoms with Gasteiger partial charge in [0.1, 0.15) is 0 Å². The predicted molar refractivity (Wildman–Crippen MR) is 78.0 cm³/mol. The lowest BCUT2D eigenvalue weighted by Crippen LogP contribution is -2.23. The first-order valence-electron chi connectivity index (χ1n) is 7.15. The van der Waals surface area contributed by atoms with Crippen molar-refractivity contribution in [2.24, 2.45) is 5.92 Å². The second kappa shape index (κ2) is 6.86. The first-order chi connectivity index (χ1) is 9.56. The van der Waals surface area contributed by atoms with Crippen LogP contribution in [0.4, 0.5) is 0 Å². The largest absolute Gasteiger partial charge is 0.478 e. The molecule has 4 nitrogen and oxygen atoms in total. The summed E-state index contributed by atoms with van der Waals surface area (Å²) in [5.41, 5.74) is 2.54. The Hall–Kier alpha value is -1.39. The molecule has 1 aromatic carbocycles. The van der Waals surface area contributed by atoms with Gasteiger partial charge in [-0.25, -0.2) is 4.79 Å². The predicted octanol–water partition coefficient (Wildman–Crippen LogP) is 2.55. The van der Waals surface area contributed by atoms with E-state index >= 15 is 0 Å². The van der Waals surface area contributed by atoms with Gasteiger partial charge in [0.25, 0.3) is 0 Å². The number of carboxylic acid groups (broad SMARTS) is 1. The summed E-state index contributed by atoms with van der Waals surface area (Å²) in [6.45, 7) is 5.34. The third-order valence-corrected chi connectivity index (χ3v) is 3.70. The van der Waals surface area contributed by atoms with Crippen molar-refractivity contribution in [3.05, 3.63) is 34.9 Å². The fraction of sp³-hybridized carbons (Fsp3) is 0.562. The average molecular weight is 277 g/mol. The highest BCUT2D eigenvalue weighted by Gasteiger charge is 2.20. The molecule has 0 spiro atoms. The maximum Gasteiger partial charge on any atom is 0.335 e. The topological polar surface area (TPSA) is 49.8 Å². The Bertz CT molecular complexity index is 469. The lowest BCUT2D eigenvalue weighted by molar-refractivity contribution is 0.0696. The average Bonchev–Trinajstić information content (AvgIpc) is 3.21. The lowest BCUT2D eigenvalue weighted by Gasteiger charge is -2.18. The second-order valence-corrected chi connectivity index (χ2v) is 5.70. The van der Waals surface area contributed by atoms with E-state index in [1.54, 1.807) is 12.1 Å². The Balaban J connectivity index is 1.77. The Morgan fingerprint density at radius 3 is 2.80 bits per heavy atom. The van der Waals surface area contributed by atoms with Crippen LogP contribution in [0.2, 0.25) is 0 Å². The van der Waals surface area contributed by atoms with Gasteiger partial charge in [-0.05, 0) is 56.0 Å². The van der Waals surface area contributed by atoms with Crippen molar-refractivity contribution in [2.45, 2.75) is 26.3 Å². The number of benzene rings is 1. The van der Waals surface area contributed by atoms with Gasteiger partial charge in [0.05, 0.1) is 12.2 Å². The van der Waals surface area contributed by atoms with Crippen molar-refractivity contribution in [1.82, 2.24) is 4.90 Å². The summed E-state index contributed by atoms with van der Waals surface area (Å²) >= 11 is 0. The van der Waals surface area contributed by atoms with Gasteiger partial charge in [0.15, 0.2) is 0 Å². The van der Waals surface area contributed by atoms with Crippen molar-refractivity contribution in [1.29, 1.82) is 0 Å². The highest BCUT2D eigenvalue weighted by Crippen LogP contribution is 2.28. The molecular formula is C16H23NO3. The Kier molecular flexibility index (Phi) is 5.15. The summed E-state index contributed by atoms with van der Waals surface area (Å²) in [5, 5.41) is 8.95. The van der Waals surface area contributed by atoms with Crippen LogP contribution in [0.5, 0.6) is 0 Å². The number of likely N-dealkylation sites (N-methyl/N-ethyl adjacent to an activating group) is 1. The fourth-order valence-electron chi connectivity index (χ4n) is 2.13. The fourth-order valence-corrected chi connectivity index (χ4v) is 2.13. The van der Waals surface area contributed by atoms with Crippen LogP contribution in [-0.4, -0.2) is 42.8 Å². The van der Waals surface area contributed by atoms with Crippen LogP contribution < -0.4 is 0 Å². The zero-order chi connectivity index (χ0) is 14.5. The van der Waals surface area contributed by atoms with Gasteiger partial charge in [0, 0.05) is 19.7 Å². The Labute approximate surface area is 120 Å². The van der Waals surface area contributed by atoms with Crippen LogP contribution in [-0.2, 0) is 11.3 Å². The van der Waals surface area contributed by atoms with Crippen LogP contribution in [0.3, 0.4) is 0 Å². The van der Waals surface area contributed by atoms with Gasteiger partial charge < -0.3 is 9.84 Å². The summed E-state index contributed by atoms with van der Waals surface area (Å²) in [7, 11) is 2.06. The van der Waals surface area contributed by atoms with Gasteiger partial charge in [-0.15, -0.1) is 0 Å². The van der Waals surface area contributed by atoms with Gasteiger partial charge in [-0.2, -0.15) is 0 Å². The molecule has 0 aliphatic heterocycles. The number of hydrogen-bond donors (Lipinski definition) is 1. The van der Waals surface area contributed by atoms with E-state index in [1.165, 1.54) is 18.4 Å². The molecule has 4 heteroatoms. The minimum atomic E-state index is -0.874. The van der Waals surface area contributed by atoms with E-state index in [-0.39, 0.29) is 0 Å². The maximum atomic E-state index is 10.9. The van der Waals surface area contributed by atoms with Crippen LogP contribution in [0.15, 0.2) is 18.2 Å². The van der Waals surface area contributed by atoms with E-state index in [9.17, 15) is 4.79 Å². The summed E-state index contributed by atoms with van der Waals surface area (Å²) < 4.78 is 5.63. The highest BCUT2D eigenvalue weighted by molar-refractivity contribution is 5.87. The van der Waals surface area contributed by atoms with Gasteiger partial charge in [-0.3, -0.25) is 4.90 Å². The zero-order valence-electron chi connectivity index (χ0n) is 12.3. The first-order valence-corrected chi connectivity index (χ1v) is 7.15. The van der Waals surface area contributed by atoms with Crippen LogP contribution in [0, 0.1) is 12.8 Å². The number of hydrogen-bond acceptors (Lipinski definition) is 3. The van der Waals surface area contributed by atoms with Crippen molar-refractivity contribution in [3.8, 4) is 0 Å². The normalized spacial score (nSPS) is 14.8. The molecule has 0 saturated heterocycles. The van der Waals surface area contributed by atoms with Crippen molar-refractivity contribution < 1.29 is 14.6 Å². The number of aryl methyl sites for hydroxylation is 1. The molecule has 0 bridgehead atoms. The summed E-state index contributed by atoms with van der Waals surface area (Å²) in [5.74, 6) is -0.0624. The van der Waals surface area contributed by atoms with Crippen molar-refractivity contribution in [2.75, 3.05) is 26.8 Å². The minimum Gasteiger partial charge on any atom is -0.478 e. The molecule has 1 aliphatic carbocycles. The van der Waals surface area contributed by atoms with Crippen LogP contribution >= 0.6 is 0 Å². The number of rotatable bonds is 8. The lowest BCUT2D eigenvalue weighted by atomic mass is 10.0. The molecule has 1 N–H and O–H groups in total. The standard InChI is InChI=1S/C16H23NO3/c1-12-9-14(16(18)19)5-6-15(12)10-17(2)7-8-20-11-13-3-4-13/h5-6,9,13H,3-4,7-8,10-11H2,1-2H3,(H,18,19). The van der Waals surface area contributed by atoms with E-state index < -0.39 is 5.97 Å². The molecular weight excluding hydrogens is 254 g/mol. The highest BCUT2D eigenvalue weighted by atomic mass is 16.5. The molecule has 0 aromatic heterocycles. The molecule has 1 saturated carbocycles. The third kappa shape index (κ3) is 4.62. The van der Waals surface area contributed by atoms with E-state index in [0.29, 0.717) is 5.56 Å². The molecule has 1 fully saturated rings. The van der Waals surface area contributed by atoms with E-state index in [1.807, 2.05) is 13.0 Å². The Morgan fingerprint density at radius 1 is 1.45 bits per heavy atom.